The van der Waals surface area contributed by atoms with Crippen LogP contribution in [0.25, 0.3) is 0 Å². The monoisotopic (exact) mass is 237 g/mol. The maximum absolute atomic E-state index is 4.25. The van der Waals surface area contributed by atoms with Gasteiger partial charge in [0.05, 0.1) is 6.54 Å². The van der Waals surface area contributed by atoms with Crippen LogP contribution >= 0.6 is 0 Å². The van der Waals surface area contributed by atoms with E-state index >= 15 is 0 Å². The molecule has 1 unspecified atom stereocenters. The van der Waals surface area contributed by atoms with Crippen molar-refractivity contribution in [3.05, 3.63) is 11.6 Å². The fourth-order valence-electron chi connectivity index (χ4n) is 2.41. The molecule has 17 heavy (non-hydrogen) atoms. The third-order valence-corrected chi connectivity index (χ3v) is 3.72. The Balaban J connectivity index is 2.01. The van der Waals surface area contributed by atoms with Crippen molar-refractivity contribution in [3.8, 4) is 0 Å². The van der Waals surface area contributed by atoms with Crippen LogP contribution in [0.15, 0.2) is 0 Å². The lowest BCUT2D eigenvalue weighted by molar-refractivity contribution is 0.161. The molecule has 1 saturated heterocycles. The minimum absolute atomic E-state index is 0.644. The molecule has 0 spiro atoms. The van der Waals surface area contributed by atoms with E-state index in [4.69, 9.17) is 0 Å². The maximum atomic E-state index is 4.25. The first-order valence-corrected chi connectivity index (χ1v) is 6.52. The summed E-state index contributed by atoms with van der Waals surface area (Å²) < 4.78 is 2.08. The summed E-state index contributed by atoms with van der Waals surface area (Å²) in [5, 5.41) is 11.8. The Morgan fingerprint density at radius 2 is 2.29 bits per heavy atom. The fraction of sp³-hybridized carbons (Fsp3) is 0.833. The van der Waals surface area contributed by atoms with Crippen molar-refractivity contribution in [2.24, 2.45) is 7.05 Å². The average molecular weight is 237 g/mol. The number of likely N-dealkylation sites (N-methyl/N-ethyl adjacent to an activating group) is 1. The zero-order valence-electron chi connectivity index (χ0n) is 11.1. The second-order valence-corrected chi connectivity index (χ2v) is 4.79. The topological polar surface area (TPSA) is 46.0 Å². The minimum Gasteiger partial charge on any atom is -0.317 e. The summed E-state index contributed by atoms with van der Waals surface area (Å²) in [7, 11) is 2.04. The van der Waals surface area contributed by atoms with Crippen LogP contribution in [0.4, 0.5) is 0 Å². The van der Waals surface area contributed by atoms with E-state index in [1.165, 1.54) is 12.8 Å². The van der Waals surface area contributed by atoms with Crippen LogP contribution in [-0.4, -0.2) is 45.3 Å². The molecule has 1 aromatic rings. The molecule has 2 heterocycles. The molecule has 1 aliphatic rings. The molecule has 0 aromatic carbocycles. The maximum Gasteiger partial charge on any atom is 0.146 e. The van der Waals surface area contributed by atoms with Gasteiger partial charge < -0.3 is 9.88 Å². The smallest absolute Gasteiger partial charge is 0.146 e. The van der Waals surface area contributed by atoms with E-state index in [2.05, 4.69) is 31.9 Å². The Hall–Kier alpha value is -0.940. The average Bonchev–Trinajstić information content (AvgIpc) is 2.68. The van der Waals surface area contributed by atoms with Crippen LogP contribution in [0.5, 0.6) is 0 Å². The van der Waals surface area contributed by atoms with Gasteiger partial charge in [0.2, 0.25) is 0 Å². The first kappa shape index (κ1) is 12.5. The molecule has 5 heteroatoms. The number of hydrogen-bond donors (Lipinski definition) is 1. The van der Waals surface area contributed by atoms with Crippen molar-refractivity contribution in [2.75, 3.05) is 19.6 Å². The van der Waals surface area contributed by atoms with Gasteiger partial charge in [-0.25, -0.2) is 0 Å². The SMILES string of the molecule is CCN(Cc1nnc(C)n1C)C1CCCNC1. The lowest BCUT2D eigenvalue weighted by Gasteiger charge is -2.33. The van der Waals surface area contributed by atoms with Crippen LogP contribution in [-0.2, 0) is 13.6 Å². The highest BCUT2D eigenvalue weighted by molar-refractivity contribution is 4.93. The molecule has 1 N–H and O–H groups in total. The quantitative estimate of drug-likeness (QED) is 0.837. The van der Waals surface area contributed by atoms with E-state index in [1.54, 1.807) is 0 Å². The zero-order valence-corrected chi connectivity index (χ0v) is 11.1. The van der Waals surface area contributed by atoms with Crippen LogP contribution in [0.2, 0.25) is 0 Å². The van der Waals surface area contributed by atoms with Gasteiger partial charge in [0.1, 0.15) is 11.6 Å². The highest BCUT2D eigenvalue weighted by atomic mass is 15.3. The summed E-state index contributed by atoms with van der Waals surface area (Å²) in [6, 6.07) is 0.644. The summed E-state index contributed by atoms with van der Waals surface area (Å²) >= 11 is 0. The van der Waals surface area contributed by atoms with E-state index < -0.39 is 0 Å². The number of aryl methyl sites for hydroxylation is 1. The molecule has 0 saturated carbocycles. The number of nitrogens with one attached hydrogen (secondary N) is 1. The van der Waals surface area contributed by atoms with Crippen LogP contribution in [0.3, 0.4) is 0 Å². The summed E-state index contributed by atoms with van der Waals surface area (Å²) in [6.45, 7) is 8.45. The summed E-state index contributed by atoms with van der Waals surface area (Å²) in [5.41, 5.74) is 0. The van der Waals surface area contributed by atoms with Crippen molar-refractivity contribution in [3.63, 3.8) is 0 Å². The van der Waals surface area contributed by atoms with Gasteiger partial charge in [0, 0.05) is 19.6 Å². The van der Waals surface area contributed by atoms with Gasteiger partial charge in [0.15, 0.2) is 0 Å². The molecule has 0 radical (unpaired) electrons. The Morgan fingerprint density at radius 1 is 1.47 bits per heavy atom. The van der Waals surface area contributed by atoms with E-state index in [-0.39, 0.29) is 0 Å². The highest BCUT2D eigenvalue weighted by Gasteiger charge is 2.21. The standard InChI is InChI=1S/C12H23N5/c1-4-17(11-6-5-7-13-8-11)9-12-15-14-10(2)16(12)3/h11,13H,4-9H2,1-3H3. The number of nitrogens with zero attached hydrogens (tertiary/aromatic N) is 4. The second-order valence-electron chi connectivity index (χ2n) is 4.79. The second kappa shape index (κ2) is 5.60. The van der Waals surface area contributed by atoms with Gasteiger partial charge in [-0.1, -0.05) is 6.92 Å². The van der Waals surface area contributed by atoms with E-state index in [9.17, 15) is 0 Å². The molecule has 1 aliphatic heterocycles. The molecular weight excluding hydrogens is 214 g/mol. The van der Waals surface area contributed by atoms with Gasteiger partial charge in [-0.05, 0) is 32.9 Å². The third kappa shape index (κ3) is 2.84. The van der Waals surface area contributed by atoms with Gasteiger partial charge in [0.25, 0.3) is 0 Å². The van der Waals surface area contributed by atoms with Gasteiger partial charge in [-0.2, -0.15) is 0 Å². The van der Waals surface area contributed by atoms with Crippen molar-refractivity contribution >= 4 is 0 Å². The number of piperidine rings is 1. The molecular formula is C12H23N5. The molecule has 1 fully saturated rings. The molecule has 1 aromatic heterocycles. The molecule has 96 valence electrons. The first-order chi connectivity index (χ1) is 8.22. The van der Waals surface area contributed by atoms with Crippen molar-refractivity contribution in [1.82, 2.24) is 25.0 Å². The molecule has 1 atom stereocenters. The largest absolute Gasteiger partial charge is 0.317 e. The van der Waals surface area contributed by atoms with Crippen LogP contribution < -0.4 is 5.32 Å². The Bertz CT molecular complexity index is 354. The lowest BCUT2D eigenvalue weighted by atomic mass is 10.1. The summed E-state index contributed by atoms with van der Waals surface area (Å²) in [5.74, 6) is 2.05. The molecule has 0 amide bonds. The summed E-state index contributed by atoms with van der Waals surface area (Å²) in [4.78, 5) is 2.50. The minimum atomic E-state index is 0.644. The number of hydrogen-bond acceptors (Lipinski definition) is 4. The van der Waals surface area contributed by atoms with Gasteiger partial charge in [-0.3, -0.25) is 4.90 Å². The van der Waals surface area contributed by atoms with Crippen molar-refractivity contribution in [1.29, 1.82) is 0 Å². The molecule has 5 nitrogen and oxygen atoms in total. The van der Waals surface area contributed by atoms with Crippen LogP contribution in [0.1, 0.15) is 31.4 Å². The Morgan fingerprint density at radius 3 is 2.82 bits per heavy atom. The molecule has 0 bridgehead atoms. The molecule has 0 aliphatic carbocycles. The van der Waals surface area contributed by atoms with E-state index in [1.807, 2.05) is 14.0 Å². The predicted octanol–water partition coefficient (Wildman–Crippen LogP) is 0.697. The third-order valence-electron chi connectivity index (χ3n) is 3.72. The van der Waals surface area contributed by atoms with E-state index in [0.29, 0.717) is 6.04 Å². The number of aromatic nitrogens is 3. The van der Waals surface area contributed by atoms with Crippen LogP contribution in [0, 0.1) is 6.92 Å². The fourth-order valence-corrected chi connectivity index (χ4v) is 2.41. The highest BCUT2D eigenvalue weighted by Crippen LogP contribution is 2.13. The zero-order chi connectivity index (χ0) is 12.3. The normalized spacial score (nSPS) is 21.1. The summed E-state index contributed by atoms with van der Waals surface area (Å²) in [6.07, 6.45) is 2.57. The Labute approximate surface area is 103 Å². The number of rotatable bonds is 4. The predicted molar refractivity (Wildman–Crippen MR) is 67.7 cm³/mol. The first-order valence-electron chi connectivity index (χ1n) is 6.52. The lowest BCUT2D eigenvalue weighted by Crippen LogP contribution is -2.45. The van der Waals surface area contributed by atoms with Crippen molar-refractivity contribution < 1.29 is 0 Å². The van der Waals surface area contributed by atoms with Gasteiger partial charge in [-0.15, -0.1) is 10.2 Å². The molecule has 2 rings (SSSR count). The van der Waals surface area contributed by atoms with E-state index in [0.717, 1.165) is 37.8 Å². The van der Waals surface area contributed by atoms with Gasteiger partial charge >= 0.3 is 0 Å². The van der Waals surface area contributed by atoms with Crippen molar-refractivity contribution in [2.45, 2.75) is 39.3 Å². The Kier molecular flexibility index (Phi) is 4.12.